The average molecular weight is 477 g/mol. The highest BCUT2D eigenvalue weighted by molar-refractivity contribution is 9.40. The number of fused-ring (bicyclic) bond motifs is 1. The Morgan fingerprint density at radius 1 is 1.24 bits per heavy atom. The summed E-state index contributed by atoms with van der Waals surface area (Å²) >= 11 is 9.37. The summed E-state index contributed by atoms with van der Waals surface area (Å²) in [4.78, 5) is 28.2. The van der Waals surface area contributed by atoms with Crippen LogP contribution in [0.5, 0.6) is 0 Å². The van der Waals surface area contributed by atoms with Gasteiger partial charge in [-0.15, -0.1) is 0 Å². The Kier molecular flexibility index (Phi) is 4.95. The zero-order chi connectivity index (χ0) is 15.6. The van der Waals surface area contributed by atoms with Crippen molar-refractivity contribution in [3.8, 4) is 0 Å². The third-order valence-corrected chi connectivity index (χ3v) is 3.75. The van der Waals surface area contributed by atoms with Crippen molar-refractivity contribution >= 4 is 76.2 Å². The molecular formula is C14H9Br3N2O2. The van der Waals surface area contributed by atoms with Gasteiger partial charge in [-0.3, -0.25) is 9.59 Å². The molecule has 2 rings (SSSR count). The molecule has 1 aromatic heterocycles. The molecule has 21 heavy (non-hydrogen) atoms. The molecular weight excluding hydrogens is 468 g/mol. The molecule has 0 saturated carbocycles. The summed E-state index contributed by atoms with van der Waals surface area (Å²) in [6.45, 7) is 3.49. The van der Waals surface area contributed by atoms with Crippen LogP contribution in [-0.4, -0.2) is 18.8 Å². The zero-order valence-electron chi connectivity index (χ0n) is 10.6. The molecule has 1 heterocycles. The predicted molar refractivity (Wildman–Crippen MR) is 94.4 cm³/mol. The number of halogens is 3. The van der Waals surface area contributed by atoms with E-state index < -0.39 is 8.05 Å². The monoisotopic (exact) mass is 474 g/mol. The van der Waals surface area contributed by atoms with E-state index in [0.717, 1.165) is 0 Å². The minimum Gasteiger partial charge on any atom is -0.308 e. The van der Waals surface area contributed by atoms with E-state index in [-0.39, 0.29) is 11.6 Å². The summed E-state index contributed by atoms with van der Waals surface area (Å²) in [7, 11) is 0. The summed E-state index contributed by atoms with van der Waals surface area (Å²) in [6, 6.07) is 8.74. The van der Waals surface area contributed by atoms with Crippen LogP contribution in [0, 0.1) is 0 Å². The van der Waals surface area contributed by atoms with Crippen LogP contribution in [0.1, 0.15) is 10.4 Å². The molecule has 7 heteroatoms. The van der Waals surface area contributed by atoms with Crippen molar-refractivity contribution in [2.45, 2.75) is 2.14 Å². The molecule has 0 saturated heterocycles. The first kappa shape index (κ1) is 16.3. The first-order valence-corrected chi connectivity index (χ1v) is 8.15. The lowest BCUT2D eigenvalue weighted by Crippen LogP contribution is -2.26. The molecule has 0 atom stereocenters. The lowest BCUT2D eigenvalue weighted by atomic mass is 10.1. The van der Waals surface area contributed by atoms with Gasteiger partial charge in [0.25, 0.3) is 5.91 Å². The predicted octanol–water partition coefficient (Wildman–Crippen LogP) is 4.38. The molecule has 0 aliphatic heterocycles. The second-order valence-electron chi connectivity index (χ2n) is 4.09. The number of benzene rings is 1. The van der Waals surface area contributed by atoms with E-state index in [2.05, 4.69) is 64.7 Å². The highest BCUT2D eigenvalue weighted by Crippen LogP contribution is 2.34. The number of pyridine rings is 1. The summed E-state index contributed by atoms with van der Waals surface area (Å²) in [5.41, 5.74) is 1.06. The van der Waals surface area contributed by atoms with Gasteiger partial charge in [0.1, 0.15) is 5.82 Å². The number of rotatable bonds is 3. The van der Waals surface area contributed by atoms with Gasteiger partial charge in [-0.1, -0.05) is 24.8 Å². The van der Waals surface area contributed by atoms with Crippen LogP contribution >= 0.6 is 47.8 Å². The van der Waals surface area contributed by atoms with Gasteiger partial charge in [0.2, 0.25) is 2.14 Å². The largest absolute Gasteiger partial charge is 0.308 e. The number of hydrogen-bond donors (Lipinski definition) is 1. The van der Waals surface area contributed by atoms with E-state index in [1.165, 1.54) is 12.1 Å². The first-order chi connectivity index (χ1) is 9.82. The Morgan fingerprint density at radius 3 is 2.52 bits per heavy atom. The Bertz CT molecular complexity index is 739. The highest BCUT2D eigenvalue weighted by atomic mass is 80.0. The standard InChI is InChI=1S/C14H9Br3N2O2/c1-2-11(20)9-7-12(19-13(21)14(15,16)17)18-10-6-4-3-5-8(9)10/h2-7H,1H2,(H,18,19,21). The zero-order valence-corrected chi connectivity index (χ0v) is 15.3. The SMILES string of the molecule is C=CC(=O)c1cc(NC(=O)C(Br)(Br)Br)nc2ccccc12. The molecule has 0 fully saturated rings. The number of nitrogens with zero attached hydrogens (tertiary/aromatic N) is 1. The molecule has 1 aromatic carbocycles. The van der Waals surface area contributed by atoms with Crippen LogP contribution < -0.4 is 5.32 Å². The minimum absolute atomic E-state index is 0.230. The number of ketones is 1. The van der Waals surface area contributed by atoms with Gasteiger partial charge < -0.3 is 5.32 Å². The maximum absolute atomic E-state index is 12.0. The van der Waals surface area contributed by atoms with Crippen LogP contribution in [0.15, 0.2) is 43.0 Å². The Labute approximate surface area is 146 Å². The normalized spacial score (nSPS) is 11.2. The molecule has 2 aromatic rings. The van der Waals surface area contributed by atoms with Crippen molar-refractivity contribution in [1.29, 1.82) is 0 Å². The Balaban J connectivity index is 2.54. The molecule has 4 nitrogen and oxygen atoms in total. The Morgan fingerprint density at radius 2 is 1.90 bits per heavy atom. The number of amides is 1. The van der Waals surface area contributed by atoms with Crippen LogP contribution in [0.2, 0.25) is 0 Å². The average Bonchev–Trinajstić information content (AvgIpc) is 2.44. The number of carbonyl (C=O) groups excluding carboxylic acids is 2. The van der Waals surface area contributed by atoms with E-state index in [4.69, 9.17) is 0 Å². The number of allylic oxidation sites excluding steroid dienone is 1. The number of carbonyl (C=O) groups is 2. The molecule has 1 N–H and O–H groups in total. The van der Waals surface area contributed by atoms with Crippen molar-refractivity contribution in [1.82, 2.24) is 4.98 Å². The first-order valence-electron chi connectivity index (χ1n) is 5.77. The van der Waals surface area contributed by atoms with E-state index in [9.17, 15) is 9.59 Å². The topological polar surface area (TPSA) is 59.1 Å². The number of hydrogen-bond acceptors (Lipinski definition) is 3. The van der Waals surface area contributed by atoms with Crippen molar-refractivity contribution in [2.75, 3.05) is 5.32 Å². The van der Waals surface area contributed by atoms with Crippen LogP contribution in [0.25, 0.3) is 10.9 Å². The molecule has 0 aliphatic rings. The molecule has 108 valence electrons. The molecule has 0 unspecified atom stereocenters. The fraction of sp³-hybridized carbons (Fsp3) is 0.0714. The second-order valence-corrected chi connectivity index (χ2v) is 10.9. The molecule has 0 bridgehead atoms. The summed E-state index contributed by atoms with van der Waals surface area (Å²) < 4.78 is -1.09. The van der Waals surface area contributed by atoms with E-state index in [1.807, 2.05) is 12.1 Å². The van der Waals surface area contributed by atoms with Crippen LogP contribution in [0.3, 0.4) is 0 Å². The van der Waals surface area contributed by atoms with Gasteiger partial charge in [-0.25, -0.2) is 4.98 Å². The lowest BCUT2D eigenvalue weighted by molar-refractivity contribution is -0.114. The third-order valence-electron chi connectivity index (χ3n) is 2.67. The summed E-state index contributed by atoms with van der Waals surface area (Å²) in [5.74, 6) is -0.346. The van der Waals surface area contributed by atoms with Gasteiger partial charge in [-0.2, -0.15) is 0 Å². The third kappa shape index (κ3) is 3.78. The quantitative estimate of drug-likeness (QED) is 0.406. The number of nitrogens with one attached hydrogen (secondary N) is 1. The minimum atomic E-state index is -1.09. The molecule has 0 aliphatic carbocycles. The lowest BCUT2D eigenvalue weighted by Gasteiger charge is -2.13. The number of para-hydroxylation sites is 1. The fourth-order valence-corrected chi connectivity index (χ4v) is 2.04. The van der Waals surface area contributed by atoms with Crippen LogP contribution in [-0.2, 0) is 4.79 Å². The van der Waals surface area contributed by atoms with Gasteiger partial charge in [-0.05, 0) is 66.0 Å². The number of alkyl halides is 3. The van der Waals surface area contributed by atoms with Crippen molar-refractivity contribution in [3.63, 3.8) is 0 Å². The molecule has 0 spiro atoms. The van der Waals surface area contributed by atoms with Gasteiger partial charge in [0.15, 0.2) is 5.78 Å². The van der Waals surface area contributed by atoms with Crippen molar-refractivity contribution in [3.05, 3.63) is 48.6 Å². The van der Waals surface area contributed by atoms with Gasteiger partial charge >= 0.3 is 0 Å². The van der Waals surface area contributed by atoms with E-state index in [0.29, 0.717) is 16.5 Å². The van der Waals surface area contributed by atoms with Crippen LogP contribution in [0.4, 0.5) is 5.82 Å². The van der Waals surface area contributed by atoms with Crippen molar-refractivity contribution < 1.29 is 9.59 Å². The van der Waals surface area contributed by atoms with Crippen molar-refractivity contribution in [2.24, 2.45) is 0 Å². The summed E-state index contributed by atoms with van der Waals surface area (Å²) in [5, 5.41) is 3.33. The smallest absolute Gasteiger partial charge is 0.264 e. The fourth-order valence-electron chi connectivity index (χ4n) is 1.74. The maximum Gasteiger partial charge on any atom is 0.264 e. The number of anilines is 1. The Hall–Kier alpha value is -1.05. The van der Waals surface area contributed by atoms with Gasteiger partial charge in [0.05, 0.1) is 5.52 Å². The van der Waals surface area contributed by atoms with Gasteiger partial charge in [0, 0.05) is 10.9 Å². The van der Waals surface area contributed by atoms with E-state index >= 15 is 0 Å². The number of aromatic nitrogens is 1. The maximum atomic E-state index is 12.0. The van der Waals surface area contributed by atoms with E-state index in [1.54, 1.807) is 12.1 Å². The highest BCUT2D eigenvalue weighted by Gasteiger charge is 2.29. The second kappa shape index (κ2) is 6.37. The molecule has 0 radical (unpaired) electrons. The summed E-state index contributed by atoms with van der Waals surface area (Å²) in [6.07, 6.45) is 1.23. The molecule has 1 amide bonds.